The van der Waals surface area contributed by atoms with Gasteiger partial charge in [0, 0.05) is 44.7 Å². The number of imide groups is 1. The molecule has 31 heavy (non-hydrogen) atoms. The molecule has 0 aromatic heterocycles. The van der Waals surface area contributed by atoms with Crippen molar-refractivity contribution in [1.29, 1.82) is 0 Å². The molecular formula is C22H19F2N3O4. The fourth-order valence-corrected chi connectivity index (χ4v) is 3.78. The largest absolute Gasteiger partial charge is 0.339 e. The number of halogens is 2. The van der Waals surface area contributed by atoms with E-state index in [0.717, 1.165) is 17.0 Å². The van der Waals surface area contributed by atoms with E-state index in [4.69, 9.17) is 0 Å². The van der Waals surface area contributed by atoms with Crippen molar-refractivity contribution in [3.05, 3.63) is 70.8 Å². The molecule has 0 atom stereocenters. The van der Waals surface area contributed by atoms with Gasteiger partial charge in [-0.3, -0.25) is 24.1 Å². The van der Waals surface area contributed by atoms with E-state index in [1.165, 1.54) is 11.0 Å². The van der Waals surface area contributed by atoms with Gasteiger partial charge in [-0.25, -0.2) is 8.78 Å². The minimum Gasteiger partial charge on any atom is -0.339 e. The van der Waals surface area contributed by atoms with E-state index in [1.54, 1.807) is 29.2 Å². The highest BCUT2D eigenvalue weighted by Crippen LogP contribution is 2.22. The molecule has 2 aliphatic heterocycles. The van der Waals surface area contributed by atoms with Crippen LogP contribution < -0.4 is 0 Å². The highest BCUT2D eigenvalue weighted by Gasteiger charge is 2.35. The number of carbonyl (C=O) groups is 4. The zero-order valence-corrected chi connectivity index (χ0v) is 16.5. The summed E-state index contributed by atoms with van der Waals surface area (Å²) in [7, 11) is 0. The van der Waals surface area contributed by atoms with Crippen LogP contribution in [0.3, 0.4) is 0 Å². The predicted octanol–water partition coefficient (Wildman–Crippen LogP) is 1.94. The van der Waals surface area contributed by atoms with Crippen LogP contribution in [0.2, 0.25) is 0 Å². The molecule has 0 unspecified atom stereocenters. The van der Waals surface area contributed by atoms with Crippen LogP contribution in [-0.4, -0.2) is 71.1 Å². The molecule has 4 rings (SSSR count). The highest BCUT2D eigenvalue weighted by atomic mass is 19.2. The molecule has 0 radical (unpaired) electrons. The van der Waals surface area contributed by atoms with Crippen LogP contribution in [0.25, 0.3) is 0 Å². The van der Waals surface area contributed by atoms with Gasteiger partial charge in [-0.1, -0.05) is 12.1 Å². The summed E-state index contributed by atoms with van der Waals surface area (Å²) >= 11 is 0. The SMILES string of the molecule is O=C(CCN1C(=O)c2ccccc2C1=O)N1CCN(C(=O)c2ccc(F)c(F)c2)CC1. The Bertz CT molecular complexity index is 1050. The van der Waals surface area contributed by atoms with Gasteiger partial charge in [0.2, 0.25) is 5.91 Å². The van der Waals surface area contributed by atoms with E-state index in [0.29, 0.717) is 11.1 Å². The van der Waals surface area contributed by atoms with Gasteiger partial charge in [0.05, 0.1) is 11.1 Å². The Labute approximate surface area is 176 Å². The summed E-state index contributed by atoms with van der Waals surface area (Å²) < 4.78 is 26.4. The summed E-state index contributed by atoms with van der Waals surface area (Å²) in [6.45, 7) is 1.03. The fourth-order valence-electron chi connectivity index (χ4n) is 3.78. The third kappa shape index (κ3) is 3.90. The normalized spacial score (nSPS) is 16.0. The topological polar surface area (TPSA) is 78.0 Å². The first-order valence-electron chi connectivity index (χ1n) is 9.84. The molecular weight excluding hydrogens is 408 g/mol. The Morgan fingerprint density at radius 2 is 1.39 bits per heavy atom. The smallest absolute Gasteiger partial charge is 0.261 e. The lowest BCUT2D eigenvalue weighted by Crippen LogP contribution is -2.51. The first-order chi connectivity index (χ1) is 14.9. The third-order valence-corrected chi connectivity index (χ3v) is 5.51. The molecule has 0 spiro atoms. The maximum absolute atomic E-state index is 13.4. The highest BCUT2D eigenvalue weighted by molar-refractivity contribution is 6.21. The Hall–Kier alpha value is -3.62. The van der Waals surface area contributed by atoms with Gasteiger partial charge in [0.25, 0.3) is 17.7 Å². The number of nitrogens with zero attached hydrogens (tertiary/aromatic N) is 3. The Kier molecular flexibility index (Phi) is 5.50. The van der Waals surface area contributed by atoms with E-state index >= 15 is 0 Å². The second kappa shape index (κ2) is 8.25. The fraction of sp³-hybridized carbons (Fsp3) is 0.273. The van der Waals surface area contributed by atoms with Crippen molar-refractivity contribution in [2.24, 2.45) is 0 Å². The minimum atomic E-state index is -1.09. The van der Waals surface area contributed by atoms with Crippen molar-refractivity contribution in [3.8, 4) is 0 Å². The summed E-state index contributed by atoms with van der Waals surface area (Å²) in [5.41, 5.74) is 0.720. The quantitative estimate of drug-likeness (QED) is 0.699. The second-order valence-corrected chi connectivity index (χ2v) is 7.36. The number of rotatable bonds is 4. The van der Waals surface area contributed by atoms with E-state index < -0.39 is 29.4 Å². The summed E-state index contributed by atoms with van der Waals surface area (Å²) in [4.78, 5) is 53.9. The number of hydrogen-bond donors (Lipinski definition) is 0. The van der Waals surface area contributed by atoms with Crippen LogP contribution in [0.4, 0.5) is 8.78 Å². The van der Waals surface area contributed by atoms with Crippen LogP contribution in [0.1, 0.15) is 37.5 Å². The summed E-state index contributed by atoms with van der Waals surface area (Å²) in [6, 6.07) is 9.51. The molecule has 2 heterocycles. The zero-order chi connectivity index (χ0) is 22.1. The van der Waals surface area contributed by atoms with Crippen LogP contribution in [0, 0.1) is 11.6 Å². The molecule has 160 valence electrons. The standard InChI is InChI=1S/C22H19F2N3O4/c23-17-6-5-14(13-18(17)24)20(29)26-11-9-25(10-12-26)19(28)7-8-27-21(30)15-3-1-2-4-16(15)22(27)31/h1-6,13H,7-12H2. The molecule has 4 amide bonds. The Morgan fingerprint density at radius 1 is 0.806 bits per heavy atom. The molecule has 1 fully saturated rings. The molecule has 2 aliphatic rings. The molecule has 0 N–H and O–H groups in total. The number of carbonyl (C=O) groups excluding carboxylic acids is 4. The van der Waals surface area contributed by atoms with Crippen molar-refractivity contribution in [1.82, 2.24) is 14.7 Å². The van der Waals surface area contributed by atoms with Crippen molar-refractivity contribution in [2.45, 2.75) is 6.42 Å². The van der Waals surface area contributed by atoms with Gasteiger partial charge in [-0.2, -0.15) is 0 Å². The maximum atomic E-state index is 13.4. The van der Waals surface area contributed by atoms with Gasteiger partial charge in [-0.05, 0) is 30.3 Å². The van der Waals surface area contributed by atoms with Gasteiger partial charge in [-0.15, -0.1) is 0 Å². The van der Waals surface area contributed by atoms with E-state index in [2.05, 4.69) is 0 Å². The number of piperazine rings is 1. The zero-order valence-electron chi connectivity index (χ0n) is 16.5. The van der Waals surface area contributed by atoms with E-state index in [1.807, 2.05) is 0 Å². The molecule has 9 heteroatoms. The molecule has 2 aromatic rings. The van der Waals surface area contributed by atoms with Crippen LogP contribution in [-0.2, 0) is 4.79 Å². The monoisotopic (exact) mass is 427 g/mol. The third-order valence-electron chi connectivity index (χ3n) is 5.51. The number of hydrogen-bond acceptors (Lipinski definition) is 4. The predicted molar refractivity (Wildman–Crippen MR) is 105 cm³/mol. The minimum absolute atomic E-state index is 0.0113. The number of amides is 4. The van der Waals surface area contributed by atoms with Crippen LogP contribution >= 0.6 is 0 Å². The Morgan fingerprint density at radius 3 is 1.97 bits per heavy atom. The summed E-state index contributed by atoms with van der Waals surface area (Å²) in [5, 5.41) is 0. The number of benzene rings is 2. The number of fused-ring (bicyclic) bond motifs is 1. The van der Waals surface area contributed by atoms with Crippen LogP contribution in [0.15, 0.2) is 42.5 Å². The summed E-state index contributed by atoms with van der Waals surface area (Å²) in [5.74, 6) is -3.59. The average Bonchev–Trinajstić information content (AvgIpc) is 3.03. The first-order valence-corrected chi connectivity index (χ1v) is 9.84. The second-order valence-electron chi connectivity index (χ2n) is 7.36. The van der Waals surface area contributed by atoms with Crippen molar-refractivity contribution < 1.29 is 28.0 Å². The van der Waals surface area contributed by atoms with Gasteiger partial charge < -0.3 is 9.80 Å². The lowest BCUT2D eigenvalue weighted by atomic mass is 10.1. The van der Waals surface area contributed by atoms with Crippen molar-refractivity contribution in [3.63, 3.8) is 0 Å². The van der Waals surface area contributed by atoms with Crippen LogP contribution in [0.5, 0.6) is 0 Å². The first kappa shape index (κ1) is 20.6. The molecule has 1 saturated heterocycles. The summed E-state index contributed by atoms with van der Waals surface area (Å²) in [6.07, 6.45) is -0.0113. The average molecular weight is 427 g/mol. The van der Waals surface area contributed by atoms with Gasteiger partial charge in [0.15, 0.2) is 11.6 Å². The lowest BCUT2D eigenvalue weighted by molar-refractivity contribution is -0.132. The van der Waals surface area contributed by atoms with Crippen molar-refractivity contribution in [2.75, 3.05) is 32.7 Å². The van der Waals surface area contributed by atoms with Gasteiger partial charge >= 0.3 is 0 Å². The molecule has 0 saturated carbocycles. The van der Waals surface area contributed by atoms with Crippen molar-refractivity contribution >= 4 is 23.6 Å². The van der Waals surface area contributed by atoms with Gasteiger partial charge in [0.1, 0.15) is 0 Å². The Balaban J connectivity index is 1.30. The molecule has 7 nitrogen and oxygen atoms in total. The van der Waals surface area contributed by atoms with E-state index in [9.17, 15) is 28.0 Å². The van der Waals surface area contributed by atoms with E-state index in [-0.39, 0.29) is 50.6 Å². The molecule has 0 aliphatic carbocycles. The molecule has 2 aromatic carbocycles. The maximum Gasteiger partial charge on any atom is 0.261 e. The lowest BCUT2D eigenvalue weighted by Gasteiger charge is -2.35. The molecule has 0 bridgehead atoms.